The molecule has 40 heavy (non-hydrogen) atoms. The second-order valence-electron chi connectivity index (χ2n) is 10.8. The molecule has 0 atom stereocenters. The van der Waals surface area contributed by atoms with Crippen molar-refractivity contribution in [2.45, 2.75) is 52.9 Å². The van der Waals surface area contributed by atoms with Gasteiger partial charge < -0.3 is 29.8 Å². The van der Waals surface area contributed by atoms with E-state index in [0.29, 0.717) is 31.1 Å². The van der Waals surface area contributed by atoms with Gasteiger partial charge in [0.1, 0.15) is 24.0 Å². The van der Waals surface area contributed by atoms with Gasteiger partial charge in [-0.2, -0.15) is 0 Å². The summed E-state index contributed by atoms with van der Waals surface area (Å²) in [6.07, 6.45) is 2.39. The number of nitrogen functional groups attached to an aromatic ring is 1. The number of carbonyl (C=O) groups excluding carboxylic acids is 1. The maximum atomic E-state index is 11.7. The van der Waals surface area contributed by atoms with Crippen molar-refractivity contribution in [3.63, 3.8) is 0 Å². The van der Waals surface area contributed by atoms with Crippen molar-refractivity contribution >= 4 is 33.8 Å². The van der Waals surface area contributed by atoms with Crippen molar-refractivity contribution in [1.82, 2.24) is 24.4 Å². The SMILES string of the molecule is CCOCc1nc2c(N)nc3cc(-c4cccnc4)ccc3c2n1Cc1ccc(CN(C(=O)[O-])C(C)(C)C)cc1. The number of amides is 1. The van der Waals surface area contributed by atoms with E-state index in [-0.39, 0.29) is 6.54 Å². The molecule has 9 heteroatoms. The van der Waals surface area contributed by atoms with Gasteiger partial charge in [0.25, 0.3) is 0 Å². The first-order valence-corrected chi connectivity index (χ1v) is 13.3. The van der Waals surface area contributed by atoms with E-state index in [9.17, 15) is 9.90 Å². The van der Waals surface area contributed by atoms with Crippen LogP contribution in [0.1, 0.15) is 44.6 Å². The van der Waals surface area contributed by atoms with Crippen LogP contribution in [0.15, 0.2) is 67.0 Å². The summed E-state index contributed by atoms with van der Waals surface area (Å²) in [5.41, 5.74) is 12.1. The highest BCUT2D eigenvalue weighted by Crippen LogP contribution is 2.32. The molecule has 9 nitrogen and oxygen atoms in total. The van der Waals surface area contributed by atoms with Crippen LogP contribution in [0.5, 0.6) is 0 Å². The molecule has 0 fully saturated rings. The van der Waals surface area contributed by atoms with Crippen molar-refractivity contribution in [1.29, 1.82) is 0 Å². The van der Waals surface area contributed by atoms with Crippen LogP contribution in [-0.2, 0) is 24.4 Å². The van der Waals surface area contributed by atoms with E-state index in [1.165, 1.54) is 4.90 Å². The van der Waals surface area contributed by atoms with Gasteiger partial charge in [0.05, 0.1) is 11.0 Å². The van der Waals surface area contributed by atoms with E-state index in [1.807, 2.05) is 76.4 Å². The molecule has 0 aliphatic rings. The van der Waals surface area contributed by atoms with Crippen molar-refractivity contribution < 1.29 is 14.6 Å². The summed E-state index contributed by atoms with van der Waals surface area (Å²) in [6.45, 7) is 9.19. The van der Waals surface area contributed by atoms with E-state index in [1.54, 1.807) is 6.20 Å². The zero-order chi connectivity index (χ0) is 28.4. The van der Waals surface area contributed by atoms with Crippen LogP contribution in [0.3, 0.4) is 0 Å². The number of anilines is 1. The lowest BCUT2D eigenvalue weighted by atomic mass is 10.0. The molecule has 0 unspecified atom stereocenters. The normalized spacial score (nSPS) is 11.8. The Balaban J connectivity index is 1.55. The lowest BCUT2D eigenvalue weighted by Gasteiger charge is -2.38. The zero-order valence-corrected chi connectivity index (χ0v) is 23.2. The monoisotopic (exact) mass is 537 g/mol. The van der Waals surface area contributed by atoms with Gasteiger partial charge in [-0.25, -0.2) is 9.97 Å². The molecule has 5 aromatic rings. The Hall–Kier alpha value is -4.50. The summed E-state index contributed by atoms with van der Waals surface area (Å²) < 4.78 is 7.89. The average Bonchev–Trinajstić information content (AvgIpc) is 3.29. The Kier molecular flexibility index (Phi) is 7.40. The number of carbonyl (C=O) groups is 1. The van der Waals surface area contributed by atoms with Gasteiger partial charge in [-0.05, 0) is 56.5 Å². The Morgan fingerprint density at radius 2 is 1.80 bits per heavy atom. The van der Waals surface area contributed by atoms with Gasteiger partial charge in [-0.3, -0.25) is 4.98 Å². The van der Waals surface area contributed by atoms with Crippen LogP contribution in [0.2, 0.25) is 0 Å². The fourth-order valence-corrected chi connectivity index (χ4v) is 4.84. The summed E-state index contributed by atoms with van der Waals surface area (Å²) >= 11 is 0. The van der Waals surface area contributed by atoms with Gasteiger partial charge in [-0.1, -0.05) is 42.5 Å². The van der Waals surface area contributed by atoms with Gasteiger partial charge >= 0.3 is 0 Å². The van der Waals surface area contributed by atoms with Crippen LogP contribution in [0.25, 0.3) is 33.1 Å². The summed E-state index contributed by atoms with van der Waals surface area (Å²) in [5, 5.41) is 12.6. The first kappa shape index (κ1) is 27.1. The largest absolute Gasteiger partial charge is 0.530 e. The number of carboxylic acid groups (broad SMARTS) is 1. The fraction of sp³-hybridized carbons (Fsp3) is 0.290. The molecule has 0 spiro atoms. The minimum absolute atomic E-state index is 0.252. The van der Waals surface area contributed by atoms with Crippen molar-refractivity contribution in [2.75, 3.05) is 12.3 Å². The smallest absolute Gasteiger partial charge is 0.152 e. The number of hydrogen-bond acceptors (Lipinski definition) is 7. The number of hydrogen-bond donors (Lipinski definition) is 1. The molecule has 206 valence electrons. The second-order valence-corrected chi connectivity index (χ2v) is 10.8. The number of fused-ring (bicyclic) bond motifs is 3. The molecule has 2 N–H and O–H groups in total. The number of rotatable bonds is 8. The van der Waals surface area contributed by atoms with E-state index < -0.39 is 11.6 Å². The van der Waals surface area contributed by atoms with E-state index in [0.717, 1.165) is 44.5 Å². The number of ether oxygens (including phenoxy) is 1. The lowest BCUT2D eigenvalue weighted by molar-refractivity contribution is -0.271. The summed E-state index contributed by atoms with van der Waals surface area (Å²) in [7, 11) is 0. The molecule has 0 saturated carbocycles. The molecule has 3 aromatic heterocycles. The predicted molar refractivity (Wildman–Crippen MR) is 154 cm³/mol. The van der Waals surface area contributed by atoms with Gasteiger partial charge in [0, 0.05) is 48.6 Å². The minimum Gasteiger partial charge on any atom is -0.530 e. The zero-order valence-electron chi connectivity index (χ0n) is 23.2. The third kappa shape index (κ3) is 5.46. The number of nitrogens with zero attached hydrogens (tertiary/aromatic N) is 5. The van der Waals surface area contributed by atoms with Crippen LogP contribution in [-0.4, -0.2) is 42.7 Å². The summed E-state index contributed by atoms with van der Waals surface area (Å²) in [5.74, 6) is 1.12. The fourth-order valence-electron chi connectivity index (χ4n) is 4.84. The number of aromatic nitrogens is 4. The standard InChI is InChI=1S/C31H34N6O3/c1-5-40-19-26-35-27-28(24-13-12-22(15-25(24)34-29(27)32)23-7-6-14-33-16-23)36(26)17-20-8-10-21(11-9-20)18-37(30(38)39)31(2,3)4/h6-16H,5,17-19H2,1-4H3,(H2,32,34)(H,38,39)/p-1. The number of nitrogens with two attached hydrogens (primary N) is 1. The van der Waals surface area contributed by atoms with Gasteiger partial charge in [0.15, 0.2) is 5.82 Å². The van der Waals surface area contributed by atoms with Crippen molar-refractivity contribution in [3.8, 4) is 11.1 Å². The van der Waals surface area contributed by atoms with Gasteiger partial charge in [-0.15, -0.1) is 0 Å². The average molecular weight is 538 g/mol. The van der Waals surface area contributed by atoms with Crippen LogP contribution in [0, 0.1) is 0 Å². The minimum atomic E-state index is -1.19. The molecule has 0 saturated heterocycles. The van der Waals surface area contributed by atoms with Gasteiger partial charge in [0.2, 0.25) is 0 Å². The molecule has 0 radical (unpaired) electrons. The number of pyridine rings is 2. The quantitative estimate of drug-likeness (QED) is 0.303. The summed E-state index contributed by atoms with van der Waals surface area (Å²) in [4.78, 5) is 26.8. The Bertz CT molecular complexity index is 1660. The molecule has 1 amide bonds. The molecule has 2 aromatic carbocycles. The predicted octanol–water partition coefficient (Wildman–Crippen LogP) is 4.76. The number of imidazole rings is 1. The summed E-state index contributed by atoms with van der Waals surface area (Å²) in [6, 6.07) is 18.0. The highest BCUT2D eigenvalue weighted by molar-refractivity contribution is 6.07. The van der Waals surface area contributed by atoms with E-state index in [2.05, 4.69) is 26.7 Å². The molecule has 3 heterocycles. The van der Waals surface area contributed by atoms with Crippen molar-refractivity contribution in [3.05, 3.63) is 83.9 Å². The van der Waals surface area contributed by atoms with Crippen LogP contribution in [0.4, 0.5) is 10.6 Å². The molecular formula is C31H33N6O3-. The highest BCUT2D eigenvalue weighted by Gasteiger charge is 2.22. The maximum Gasteiger partial charge on any atom is 0.152 e. The van der Waals surface area contributed by atoms with Crippen LogP contribution >= 0.6 is 0 Å². The van der Waals surface area contributed by atoms with Crippen LogP contribution < -0.4 is 10.8 Å². The third-order valence-corrected chi connectivity index (χ3v) is 6.95. The third-order valence-electron chi connectivity index (χ3n) is 6.95. The molecule has 0 aliphatic carbocycles. The highest BCUT2D eigenvalue weighted by atomic mass is 16.5. The van der Waals surface area contributed by atoms with E-state index >= 15 is 0 Å². The van der Waals surface area contributed by atoms with Crippen molar-refractivity contribution in [2.24, 2.45) is 0 Å². The molecule has 5 rings (SSSR count). The van der Waals surface area contributed by atoms with E-state index in [4.69, 9.17) is 15.5 Å². The topological polar surface area (TPSA) is 122 Å². The Morgan fingerprint density at radius 1 is 1.05 bits per heavy atom. The lowest BCUT2D eigenvalue weighted by Crippen LogP contribution is -2.50. The maximum absolute atomic E-state index is 11.7. The second kappa shape index (κ2) is 10.9. The molecule has 0 aliphatic heterocycles. The first-order chi connectivity index (χ1) is 19.2. The number of benzene rings is 2. The Morgan fingerprint density at radius 3 is 2.45 bits per heavy atom. The molecular weight excluding hydrogens is 504 g/mol. The first-order valence-electron chi connectivity index (χ1n) is 13.3. The Labute approximate surface area is 233 Å². The molecule has 0 bridgehead atoms.